The van der Waals surface area contributed by atoms with E-state index in [2.05, 4.69) is 4.72 Å². The second kappa shape index (κ2) is 6.14. The standard InChI is InChI=1S/C16H16N2O5S/c1-18-14-8-7-13(9-15(14)23-16(18)19)24(20,21)17-10-11-3-5-12(22-2)6-4-11/h3-9,17H,10H2,1-2H3. The Morgan fingerprint density at radius 2 is 1.88 bits per heavy atom. The number of fused-ring (bicyclic) bond motifs is 1. The molecule has 3 rings (SSSR count). The molecule has 24 heavy (non-hydrogen) atoms. The average molecular weight is 348 g/mol. The van der Waals surface area contributed by atoms with Crippen LogP contribution in [0.3, 0.4) is 0 Å². The molecule has 0 amide bonds. The first-order valence-electron chi connectivity index (χ1n) is 7.13. The summed E-state index contributed by atoms with van der Waals surface area (Å²) in [6.07, 6.45) is 0. The Hall–Kier alpha value is -2.58. The maximum atomic E-state index is 12.4. The Morgan fingerprint density at radius 1 is 1.17 bits per heavy atom. The second-order valence-corrected chi connectivity index (χ2v) is 7.00. The van der Waals surface area contributed by atoms with Crippen LogP contribution in [0.1, 0.15) is 5.56 Å². The number of benzene rings is 2. The Bertz CT molecular complexity index is 1030. The van der Waals surface area contributed by atoms with Gasteiger partial charge in [-0.2, -0.15) is 0 Å². The van der Waals surface area contributed by atoms with Gasteiger partial charge in [-0.05, 0) is 29.8 Å². The molecular formula is C16H16N2O5S. The van der Waals surface area contributed by atoms with Gasteiger partial charge in [0.15, 0.2) is 5.58 Å². The summed E-state index contributed by atoms with van der Waals surface area (Å²) in [6.45, 7) is 0.142. The van der Waals surface area contributed by atoms with Gasteiger partial charge >= 0.3 is 5.76 Å². The first kappa shape index (κ1) is 16.3. The number of hydrogen-bond donors (Lipinski definition) is 1. The molecule has 0 saturated heterocycles. The van der Waals surface area contributed by atoms with E-state index in [4.69, 9.17) is 9.15 Å². The van der Waals surface area contributed by atoms with Crippen molar-refractivity contribution >= 4 is 21.1 Å². The van der Waals surface area contributed by atoms with Crippen LogP contribution in [0.2, 0.25) is 0 Å². The van der Waals surface area contributed by atoms with Crippen LogP contribution >= 0.6 is 0 Å². The summed E-state index contributed by atoms with van der Waals surface area (Å²) in [5.74, 6) is 0.164. The first-order valence-corrected chi connectivity index (χ1v) is 8.61. The SMILES string of the molecule is COc1ccc(CNS(=O)(=O)c2ccc3c(c2)oc(=O)n3C)cc1. The molecule has 7 nitrogen and oxygen atoms in total. The summed E-state index contributed by atoms with van der Waals surface area (Å²) in [6, 6.07) is 11.4. The number of ether oxygens (including phenoxy) is 1. The Kier molecular flexibility index (Phi) is 4.16. The number of aromatic nitrogens is 1. The van der Waals surface area contributed by atoms with Crippen LogP contribution in [0.15, 0.2) is 56.6 Å². The monoisotopic (exact) mass is 348 g/mol. The number of nitrogens with zero attached hydrogens (tertiary/aromatic N) is 1. The summed E-state index contributed by atoms with van der Waals surface area (Å²) >= 11 is 0. The summed E-state index contributed by atoms with van der Waals surface area (Å²) in [5.41, 5.74) is 1.57. The lowest BCUT2D eigenvalue weighted by molar-refractivity contribution is 0.414. The maximum absolute atomic E-state index is 12.4. The van der Waals surface area contributed by atoms with Gasteiger partial charge in [-0.25, -0.2) is 17.9 Å². The number of hydrogen-bond acceptors (Lipinski definition) is 5. The number of sulfonamides is 1. The largest absolute Gasteiger partial charge is 0.497 e. The lowest BCUT2D eigenvalue weighted by atomic mass is 10.2. The Labute approximate surface area is 138 Å². The van der Waals surface area contributed by atoms with Crippen molar-refractivity contribution < 1.29 is 17.6 Å². The number of aryl methyl sites for hydroxylation is 1. The number of oxazole rings is 1. The predicted octanol–water partition coefficient (Wildman–Crippen LogP) is 1.62. The van der Waals surface area contributed by atoms with Crippen LogP contribution in [-0.2, 0) is 23.6 Å². The van der Waals surface area contributed by atoms with Gasteiger partial charge in [0.05, 0.1) is 17.5 Å². The van der Waals surface area contributed by atoms with Gasteiger partial charge in [0, 0.05) is 19.7 Å². The zero-order valence-corrected chi connectivity index (χ0v) is 14.0. The molecule has 0 unspecified atom stereocenters. The van der Waals surface area contributed by atoms with Crippen LogP contribution in [0, 0.1) is 0 Å². The average Bonchev–Trinajstić information content (AvgIpc) is 2.87. The third-order valence-corrected chi connectivity index (χ3v) is 5.10. The van der Waals surface area contributed by atoms with Gasteiger partial charge < -0.3 is 9.15 Å². The third-order valence-electron chi connectivity index (χ3n) is 3.70. The molecule has 0 radical (unpaired) electrons. The second-order valence-electron chi connectivity index (χ2n) is 5.23. The van der Waals surface area contributed by atoms with Crippen molar-refractivity contribution in [2.75, 3.05) is 7.11 Å². The summed E-state index contributed by atoms with van der Waals surface area (Å²) in [5, 5.41) is 0. The fourth-order valence-electron chi connectivity index (χ4n) is 2.29. The molecule has 0 bridgehead atoms. The van der Waals surface area contributed by atoms with E-state index in [9.17, 15) is 13.2 Å². The zero-order valence-electron chi connectivity index (χ0n) is 13.1. The van der Waals surface area contributed by atoms with Gasteiger partial charge in [0.2, 0.25) is 10.0 Å². The van der Waals surface area contributed by atoms with Crippen LogP contribution < -0.4 is 15.2 Å². The highest BCUT2D eigenvalue weighted by molar-refractivity contribution is 7.89. The third kappa shape index (κ3) is 3.06. The van der Waals surface area contributed by atoms with E-state index in [0.717, 1.165) is 5.56 Å². The van der Waals surface area contributed by atoms with E-state index in [1.165, 1.54) is 16.7 Å². The zero-order chi connectivity index (χ0) is 17.3. The number of nitrogens with one attached hydrogen (secondary N) is 1. The van der Waals surface area contributed by atoms with E-state index < -0.39 is 15.8 Å². The molecule has 0 fully saturated rings. The maximum Gasteiger partial charge on any atom is 0.419 e. The first-order chi connectivity index (χ1) is 11.4. The molecule has 0 aliphatic heterocycles. The van der Waals surface area contributed by atoms with Crippen molar-refractivity contribution in [2.24, 2.45) is 7.05 Å². The fraction of sp³-hybridized carbons (Fsp3) is 0.188. The summed E-state index contributed by atoms with van der Waals surface area (Å²) in [7, 11) is -0.597. The topological polar surface area (TPSA) is 90.5 Å². The minimum atomic E-state index is -3.72. The molecule has 0 aliphatic carbocycles. The normalized spacial score (nSPS) is 11.8. The van der Waals surface area contributed by atoms with Crippen LogP contribution in [-0.4, -0.2) is 20.1 Å². The lowest BCUT2D eigenvalue weighted by Crippen LogP contribution is -2.23. The molecule has 3 aromatic rings. The van der Waals surface area contributed by atoms with Crippen molar-refractivity contribution in [2.45, 2.75) is 11.4 Å². The van der Waals surface area contributed by atoms with Gasteiger partial charge in [-0.1, -0.05) is 12.1 Å². The van der Waals surface area contributed by atoms with Crippen LogP contribution in [0.25, 0.3) is 11.1 Å². The fourth-order valence-corrected chi connectivity index (χ4v) is 3.32. The Morgan fingerprint density at radius 3 is 2.54 bits per heavy atom. The molecule has 2 aromatic carbocycles. The van der Waals surface area contributed by atoms with Gasteiger partial charge in [0.25, 0.3) is 0 Å². The lowest BCUT2D eigenvalue weighted by Gasteiger charge is -2.07. The van der Waals surface area contributed by atoms with Crippen LogP contribution in [0.4, 0.5) is 0 Å². The van der Waals surface area contributed by atoms with Crippen molar-refractivity contribution in [3.8, 4) is 5.75 Å². The highest BCUT2D eigenvalue weighted by atomic mass is 32.2. The molecule has 8 heteroatoms. The van der Waals surface area contributed by atoms with Crippen molar-refractivity contribution in [1.29, 1.82) is 0 Å². The molecule has 1 aromatic heterocycles. The molecule has 0 saturated carbocycles. The summed E-state index contributed by atoms with van der Waals surface area (Å²) < 4.78 is 38.7. The molecule has 1 N–H and O–H groups in total. The van der Waals surface area contributed by atoms with E-state index in [0.29, 0.717) is 11.3 Å². The van der Waals surface area contributed by atoms with Gasteiger partial charge in [-0.3, -0.25) is 4.57 Å². The van der Waals surface area contributed by atoms with E-state index in [1.54, 1.807) is 44.5 Å². The van der Waals surface area contributed by atoms with E-state index in [-0.39, 0.29) is 17.0 Å². The smallest absolute Gasteiger partial charge is 0.419 e. The highest BCUT2D eigenvalue weighted by Gasteiger charge is 2.16. The van der Waals surface area contributed by atoms with Gasteiger partial charge in [-0.15, -0.1) is 0 Å². The van der Waals surface area contributed by atoms with Gasteiger partial charge in [0.1, 0.15) is 5.75 Å². The number of methoxy groups -OCH3 is 1. The van der Waals surface area contributed by atoms with Crippen molar-refractivity contribution in [3.05, 3.63) is 58.6 Å². The molecule has 1 heterocycles. The quantitative estimate of drug-likeness (QED) is 0.757. The number of rotatable bonds is 5. The molecule has 126 valence electrons. The van der Waals surface area contributed by atoms with Crippen molar-refractivity contribution in [3.63, 3.8) is 0 Å². The molecule has 0 spiro atoms. The molecular weight excluding hydrogens is 332 g/mol. The van der Waals surface area contributed by atoms with Crippen molar-refractivity contribution in [1.82, 2.24) is 9.29 Å². The summed E-state index contributed by atoms with van der Waals surface area (Å²) in [4.78, 5) is 11.5. The minimum absolute atomic E-state index is 0.0397. The van der Waals surface area contributed by atoms with E-state index in [1.807, 2.05) is 0 Å². The molecule has 0 atom stereocenters. The predicted molar refractivity (Wildman–Crippen MR) is 88.5 cm³/mol. The van der Waals surface area contributed by atoms with E-state index >= 15 is 0 Å². The molecule has 0 aliphatic rings. The Balaban J connectivity index is 1.83. The van der Waals surface area contributed by atoms with Crippen LogP contribution in [0.5, 0.6) is 5.75 Å². The minimum Gasteiger partial charge on any atom is -0.497 e. The highest BCUT2D eigenvalue weighted by Crippen LogP contribution is 2.18.